The summed E-state index contributed by atoms with van der Waals surface area (Å²) < 4.78 is 14.7. The van der Waals surface area contributed by atoms with Crippen LogP contribution in [0.1, 0.15) is 59.2 Å². The van der Waals surface area contributed by atoms with Gasteiger partial charge in [0.15, 0.2) is 0 Å². The van der Waals surface area contributed by atoms with Crippen molar-refractivity contribution in [3.63, 3.8) is 0 Å². The third-order valence-electron chi connectivity index (χ3n) is 6.17. The molecule has 1 fully saturated rings. The van der Waals surface area contributed by atoms with Crippen LogP contribution < -0.4 is 16.0 Å². The van der Waals surface area contributed by atoms with Crippen molar-refractivity contribution in [1.29, 1.82) is 0 Å². The van der Waals surface area contributed by atoms with Crippen LogP contribution in [0.3, 0.4) is 0 Å². The van der Waals surface area contributed by atoms with E-state index in [1.807, 2.05) is 12.1 Å². The second kappa shape index (κ2) is 9.80. The Kier molecular flexibility index (Phi) is 6.90. The first-order valence-corrected chi connectivity index (χ1v) is 11.3. The lowest BCUT2D eigenvalue weighted by Crippen LogP contribution is -2.36. The van der Waals surface area contributed by atoms with E-state index in [4.69, 9.17) is 11.6 Å². The molecular formula is C24H29ClFN3O. The number of hydrogen-bond acceptors (Lipinski definition) is 3. The quantitative estimate of drug-likeness (QED) is 0.637. The fraction of sp³-hybridized carbons (Fsp3) is 0.458. The molecule has 30 heavy (non-hydrogen) atoms. The lowest BCUT2D eigenvalue weighted by atomic mass is 9.95. The van der Waals surface area contributed by atoms with Gasteiger partial charge in [-0.3, -0.25) is 4.79 Å². The molecule has 2 aromatic carbocycles. The van der Waals surface area contributed by atoms with Crippen LogP contribution in [0.5, 0.6) is 0 Å². The van der Waals surface area contributed by atoms with Crippen LogP contribution in [0.2, 0.25) is 5.02 Å². The number of anilines is 1. The van der Waals surface area contributed by atoms with E-state index in [0.29, 0.717) is 11.6 Å². The van der Waals surface area contributed by atoms with Crippen molar-refractivity contribution < 1.29 is 9.18 Å². The smallest absolute Gasteiger partial charge is 0.254 e. The van der Waals surface area contributed by atoms with E-state index in [1.54, 1.807) is 6.07 Å². The van der Waals surface area contributed by atoms with Crippen LogP contribution >= 0.6 is 11.6 Å². The number of amides is 1. The minimum Gasteiger partial charge on any atom is -0.380 e. The first-order chi connectivity index (χ1) is 14.6. The summed E-state index contributed by atoms with van der Waals surface area (Å²) >= 11 is 6.46. The minimum absolute atomic E-state index is 0.113. The molecule has 1 amide bonds. The van der Waals surface area contributed by atoms with Crippen molar-refractivity contribution >= 4 is 23.2 Å². The Labute approximate surface area is 182 Å². The average Bonchev–Trinajstić information content (AvgIpc) is 2.99. The Bertz CT molecular complexity index is 912. The fourth-order valence-electron chi connectivity index (χ4n) is 4.49. The van der Waals surface area contributed by atoms with Crippen LogP contribution in [0.15, 0.2) is 30.3 Å². The third kappa shape index (κ3) is 4.96. The molecule has 0 atom stereocenters. The zero-order valence-electron chi connectivity index (χ0n) is 17.2. The second-order valence-corrected chi connectivity index (χ2v) is 8.69. The summed E-state index contributed by atoms with van der Waals surface area (Å²) in [5.74, 6) is -0.798. The zero-order chi connectivity index (χ0) is 20.9. The molecule has 2 aliphatic rings. The maximum Gasteiger partial charge on any atom is 0.254 e. The number of rotatable bonds is 5. The molecule has 0 unspecified atom stereocenters. The van der Waals surface area contributed by atoms with Crippen molar-refractivity contribution in [1.82, 2.24) is 10.6 Å². The SMILES string of the molecule is O=C(NC1CCCCC1)c1ccc(CNc2c(Cl)ccc3c2CCNCC3)cc1F. The van der Waals surface area contributed by atoms with Gasteiger partial charge in [0.05, 0.1) is 16.3 Å². The topological polar surface area (TPSA) is 53.2 Å². The van der Waals surface area contributed by atoms with Crippen LogP contribution in [0.4, 0.5) is 10.1 Å². The average molecular weight is 430 g/mol. The number of carbonyl (C=O) groups is 1. The maximum absolute atomic E-state index is 14.7. The minimum atomic E-state index is -0.482. The zero-order valence-corrected chi connectivity index (χ0v) is 18.0. The largest absolute Gasteiger partial charge is 0.380 e. The van der Waals surface area contributed by atoms with Gasteiger partial charge in [-0.15, -0.1) is 0 Å². The molecule has 4 nitrogen and oxygen atoms in total. The summed E-state index contributed by atoms with van der Waals surface area (Å²) in [5.41, 5.74) is 4.35. The highest BCUT2D eigenvalue weighted by Gasteiger charge is 2.19. The highest BCUT2D eigenvalue weighted by atomic mass is 35.5. The molecule has 3 N–H and O–H groups in total. The number of halogens is 2. The van der Waals surface area contributed by atoms with Crippen molar-refractivity contribution in [3.8, 4) is 0 Å². The molecule has 1 heterocycles. The monoisotopic (exact) mass is 429 g/mol. The standard InChI is InChI=1S/C24H29ClFN3O/c25-21-9-7-17-10-12-27-13-11-19(17)23(21)28-15-16-6-8-20(22(26)14-16)24(30)29-18-4-2-1-3-5-18/h6-9,14,18,27-28H,1-5,10-13,15H2,(H,29,30). The van der Waals surface area contributed by atoms with Crippen LogP contribution in [-0.2, 0) is 19.4 Å². The normalized spacial score (nSPS) is 17.1. The molecule has 1 aliphatic heterocycles. The summed E-state index contributed by atoms with van der Waals surface area (Å²) in [5, 5.41) is 10.5. The van der Waals surface area contributed by atoms with Crippen molar-refractivity contribution in [2.24, 2.45) is 0 Å². The number of fused-ring (bicyclic) bond motifs is 1. The van der Waals surface area contributed by atoms with E-state index in [0.717, 1.165) is 62.9 Å². The lowest BCUT2D eigenvalue weighted by molar-refractivity contribution is 0.0923. The van der Waals surface area contributed by atoms with Crippen molar-refractivity contribution in [2.45, 2.75) is 57.5 Å². The van der Waals surface area contributed by atoms with Crippen LogP contribution in [0, 0.1) is 5.82 Å². The van der Waals surface area contributed by atoms with Crippen molar-refractivity contribution in [2.75, 3.05) is 18.4 Å². The Morgan fingerprint density at radius 2 is 1.90 bits per heavy atom. The van der Waals surface area contributed by atoms with E-state index < -0.39 is 5.82 Å². The third-order valence-corrected chi connectivity index (χ3v) is 6.48. The molecule has 4 rings (SSSR count). The summed E-state index contributed by atoms with van der Waals surface area (Å²) in [6, 6.07) is 9.02. The predicted octanol–water partition coefficient (Wildman–Crippen LogP) is 4.84. The molecule has 2 aromatic rings. The molecule has 160 valence electrons. The van der Waals surface area contributed by atoms with Crippen LogP contribution in [0.25, 0.3) is 0 Å². The molecule has 1 aliphatic carbocycles. The lowest BCUT2D eigenvalue weighted by Gasteiger charge is -2.23. The second-order valence-electron chi connectivity index (χ2n) is 8.29. The maximum atomic E-state index is 14.7. The first-order valence-electron chi connectivity index (χ1n) is 11.0. The van der Waals surface area contributed by atoms with E-state index in [9.17, 15) is 9.18 Å². The van der Waals surface area contributed by atoms with Gasteiger partial charge in [-0.1, -0.05) is 43.0 Å². The first kappa shape index (κ1) is 21.1. The molecule has 0 aromatic heterocycles. The predicted molar refractivity (Wildman–Crippen MR) is 120 cm³/mol. The highest BCUT2D eigenvalue weighted by Crippen LogP contribution is 2.31. The number of carbonyl (C=O) groups excluding carboxylic acids is 1. The Hall–Kier alpha value is -2.11. The summed E-state index contributed by atoms with van der Waals surface area (Å²) in [7, 11) is 0. The molecular weight excluding hydrogens is 401 g/mol. The van der Waals surface area contributed by atoms with Gasteiger partial charge in [-0.25, -0.2) is 4.39 Å². The van der Waals surface area contributed by atoms with E-state index in [-0.39, 0.29) is 17.5 Å². The Morgan fingerprint density at radius 3 is 2.70 bits per heavy atom. The number of benzene rings is 2. The van der Waals surface area contributed by atoms with Gasteiger partial charge in [0, 0.05) is 12.6 Å². The summed E-state index contributed by atoms with van der Waals surface area (Å²) in [6.07, 6.45) is 7.31. The number of hydrogen-bond donors (Lipinski definition) is 3. The van der Waals surface area contributed by atoms with Crippen LogP contribution in [-0.4, -0.2) is 25.0 Å². The molecule has 0 spiro atoms. The van der Waals surface area contributed by atoms with Gasteiger partial charge >= 0.3 is 0 Å². The Balaban J connectivity index is 1.44. The molecule has 0 radical (unpaired) electrons. The van der Waals surface area contributed by atoms with E-state index in [1.165, 1.54) is 23.6 Å². The summed E-state index contributed by atoms with van der Waals surface area (Å²) in [4.78, 5) is 12.5. The molecule has 1 saturated carbocycles. The molecule has 0 saturated heterocycles. The van der Waals surface area contributed by atoms with Gasteiger partial charge < -0.3 is 16.0 Å². The summed E-state index contributed by atoms with van der Waals surface area (Å²) in [6.45, 7) is 2.33. The number of nitrogens with one attached hydrogen (secondary N) is 3. The molecule has 0 bridgehead atoms. The van der Waals surface area contributed by atoms with Gasteiger partial charge in [0.25, 0.3) is 5.91 Å². The van der Waals surface area contributed by atoms with E-state index in [2.05, 4.69) is 22.0 Å². The van der Waals surface area contributed by atoms with Crippen molar-refractivity contribution in [3.05, 3.63) is 63.4 Å². The Morgan fingerprint density at radius 1 is 1.10 bits per heavy atom. The van der Waals surface area contributed by atoms with E-state index >= 15 is 0 Å². The van der Waals surface area contributed by atoms with Gasteiger partial charge in [-0.05, 0) is 73.7 Å². The van der Waals surface area contributed by atoms with Gasteiger partial charge in [-0.2, -0.15) is 0 Å². The van der Waals surface area contributed by atoms with Gasteiger partial charge in [0.1, 0.15) is 5.82 Å². The fourth-order valence-corrected chi connectivity index (χ4v) is 4.73. The highest BCUT2D eigenvalue weighted by molar-refractivity contribution is 6.33. The molecule has 6 heteroatoms. The van der Waals surface area contributed by atoms with Gasteiger partial charge in [0.2, 0.25) is 0 Å².